The Bertz CT molecular complexity index is 301. The molecule has 0 bridgehead atoms. The second kappa shape index (κ2) is 8.11. The van der Waals surface area contributed by atoms with Crippen LogP contribution in [0.1, 0.15) is 33.1 Å². The summed E-state index contributed by atoms with van der Waals surface area (Å²) in [5.74, 6) is 0.911. The molecule has 0 unspecified atom stereocenters. The van der Waals surface area contributed by atoms with Gasteiger partial charge in [-0.25, -0.2) is 0 Å². The SMILES string of the molecule is CCC(CC)(CN)OCCCOc1ccccc1. The maximum Gasteiger partial charge on any atom is 0.119 e. The van der Waals surface area contributed by atoms with Crippen molar-refractivity contribution in [3.63, 3.8) is 0 Å². The third-order valence-electron chi connectivity index (χ3n) is 3.37. The minimum atomic E-state index is -0.146. The Balaban J connectivity index is 2.18. The van der Waals surface area contributed by atoms with Gasteiger partial charge in [0.2, 0.25) is 0 Å². The lowest BCUT2D eigenvalue weighted by molar-refractivity contribution is -0.0477. The molecule has 3 nitrogen and oxygen atoms in total. The van der Waals surface area contributed by atoms with Crippen LogP contribution in [0.3, 0.4) is 0 Å². The Labute approximate surface area is 110 Å². The van der Waals surface area contributed by atoms with Crippen molar-refractivity contribution in [1.82, 2.24) is 0 Å². The average molecular weight is 251 g/mol. The topological polar surface area (TPSA) is 44.5 Å². The van der Waals surface area contributed by atoms with Crippen molar-refractivity contribution in [3.05, 3.63) is 30.3 Å². The molecule has 0 aromatic heterocycles. The predicted molar refractivity (Wildman–Crippen MR) is 74.9 cm³/mol. The molecule has 0 saturated heterocycles. The highest BCUT2D eigenvalue weighted by Crippen LogP contribution is 2.19. The summed E-state index contributed by atoms with van der Waals surface area (Å²) >= 11 is 0. The maximum atomic E-state index is 5.91. The van der Waals surface area contributed by atoms with E-state index in [-0.39, 0.29) is 5.60 Å². The summed E-state index contributed by atoms with van der Waals surface area (Å²) in [6, 6.07) is 9.85. The van der Waals surface area contributed by atoms with Gasteiger partial charge in [0.05, 0.1) is 18.8 Å². The summed E-state index contributed by atoms with van der Waals surface area (Å²) < 4.78 is 11.5. The van der Waals surface area contributed by atoms with Gasteiger partial charge in [-0.1, -0.05) is 32.0 Å². The Hall–Kier alpha value is -1.06. The summed E-state index contributed by atoms with van der Waals surface area (Å²) in [5, 5.41) is 0. The first-order chi connectivity index (χ1) is 8.76. The normalized spacial score (nSPS) is 11.5. The van der Waals surface area contributed by atoms with Crippen molar-refractivity contribution >= 4 is 0 Å². The molecular weight excluding hydrogens is 226 g/mol. The lowest BCUT2D eigenvalue weighted by atomic mass is 9.97. The number of benzene rings is 1. The van der Waals surface area contributed by atoms with Gasteiger partial charge in [-0.3, -0.25) is 0 Å². The Kier molecular flexibility index (Phi) is 6.76. The molecule has 1 aromatic rings. The molecule has 0 heterocycles. The van der Waals surface area contributed by atoms with Gasteiger partial charge in [-0.05, 0) is 25.0 Å². The molecule has 0 spiro atoms. The van der Waals surface area contributed by atoms with Crippen LogP contribution in [0.5, 0.6) is 5.75 Å². The first-order valence-electron chi connectivity index (χ1n) is 6.78. The van der Waals surface area contributed by atoms with Crippen LogP contribution in [0, 0.1) is 0 Å². The monoisotopic (exact) mass is 251 g/mol. The van der Waals surface area contributed by atoms with E-state index < -0.39 is 0 Å². The Morgan fingerprint density at radius 2 is 1.72 bits per heavy atom. The molecule has 0 aliphatic heterocycles. The van der Waals surface area contributed by atoms with Crippen LogP contribution < -0.4 is 10.5 Å². The molecule has 2 N–H and O–H groups in total. The highest BCUT2D eigenvalue weighted by molar-refractivity contribution is 5.20. The minimum Gasteiger partial charge on any atom is -0.494 e. The van der Waals surface area contributed by atoms with Crippen LogP contribution in [-0.2, 0) is 4.74 Å². The average Bonchev–Trinajstić information content (AvgIpc) is 2.45. The second-order valence-electron chi connectivity index (χ2n) is 4.46. The highest BCUT2D eigenvalue weighted by atomic mass is 16.5. The van der Waals surface area contributed by atoms with E-state index in [1.54, 1.807) is 0 Å². The van der Waals surface area contributed by atoms with Gasteiger partial charge in [-0.2, -0.15) is 0 Å². The van der Waals surface area contributed by atoms with Gasteiger partial charge in [0.15, 0.2) is 0 Å². The summed E-state index contributed by atoms with van der Waals surface area (Å²) in [6.07, 6.45) is 2.80. The van der Waals surface area contributed by atoms with E-state index in [0.717, 1.165) is 25.0 Å². The van der Waals surface area contributed by atoms with Crippen molar-refractivity contribution in [1.29, 1.82) is 0 Å². The molecule has 0 atom stereocenters. The van der Waals surface area contributed by atoms with E-state index in [2.05, 4.69) is 13.8 Å². The fourth-order valence-corrected chi connectivity index (χ4v) is 1.86. The van der Waals surface area contributed by atoms with E-state index in [4.69, 9.17) is 15.2 Å². The minimum absolute atomic E-state index is 0.146. The number of hydrogen-bond acceptors (Lipinski definition) is 3. The molecule has 0 amide bonds. The lowest BCUT2D eigenvalue weighted by Crippen LogP contribution is -2.40. The quantitative estimate of drug-likeness (QED) is 0.686. The van der Waals surface area contributed by atoms with Crippen molar-refractivity contribution in [3.8, 4) is 5.75 Å². The van der Waals surface area contributed by atoms with E-state index in [0.29, 0.717) is 19.8 Å². The van der Waals surface area contributed by atoms with Gasteiger partial charge in [0, 0.05) is 13.0 Å². The lowest BCUT2D eigenvalue weighted by Gasteiger charge is -2.30. The van der Waals surface area contributed by atoms with Crippen LogP contribution in [0.15, 0.2) is 30.3 Å². The van der Waals surface area contributed by atoms with Crippen LogP contribution in [0.25, 0.3) is 0 Å². The van der Waals surface area contributed by atoms with E-state index in [1.807, 2.05) is 30.3 Å². The summed E-state index contributed by atoms with van der Waals surface area (Å²) in [4.78, 5) is 0. The smallest absolute Gasteiger partial charge is 0.119 e. The Morgan fingerprint density at radius 3 is 2.28 bits per heavy atom. The number of nitrogens with two attached hydrogens (primary N) is 1. The van der Waals surface area contributed by atoms with Gasteiger partial charge >= 0.3 is 0 Å². The number of hydrogen-bond donors (Lipinski definition) is 1. The first kappa shape index (κ1) is 15.0. The zero-order valence-electron chi connectivity index (χ0n) is 11.5. The number of rotatable bonds is 9. The molecule has 0 fully saturated rings. The van der Waals surface area contributed by atoms with Crippen LogP contribution in [0.4, 0.5) is 0 Å². The van der Waals surface area contributed by atoms with Crippen molar-refractivity contribution in [2.75, 3.05) is 19.8 Å². The third kappa shape index (κ3) is 4.67. The molecule has 0 radical (unpaired) electrons. The highest BCUT2D eigenvalue weighted by Gasteiger charge is 2.24. The fourth-order valence-electron chi connectivity index (χ4n) is 1.86. The first-order valence-corrected chi connectivity index (χ1v) is 6.78. The standard InChI is InChI=1S/C15H25NO2/c1-3-15(4-2,13-16)18-12-8-11-17-14-9-6-5-7-10-14/h5-7,9-10H,3-4,8,11-13,16H2,1-2H3. The third-order valence-corrected chi connectivity index (χ3v) is 3.37. The van der Waals surface area contributed by atoms with Crippen molar-refractivity contribution < 1.29 is 9.47 Å². The Morgan fingerprint density at radius 1 is 1.06 bits per heavy atom. The van der Waals surface area contributed by atoms with Gasteiger partial charge in [-0.15, -0.1) is 0 Å². The van der Waals surface area contributed by atoms with Crippen LogP contribution in [-0.4, -0.2) is 25.4 Å². The van der Waals surface area contributed by atoms with Crippen LogP contribution >= 0.6 is 0 Å². The molecule has 102 valence electrons. The van der Waals surface area contributed by atoms with Gasteiger partial charge < -0.3 is 15.2 Å². The summed E-state index contributed by atoms with van der Waals surface area (Å²) in [5.41, 5.74) is 5.63. The summed E-state index contributed by atoms with van der Waals surface area (Å²) in [6.45, 7) is 6.21. The molecule has 1 aromatic carbocycles. The molecule has 18 heavy (non-hydrogen) atoms. The fraction of sp³-hybridized carbons (Fsp3) is 0.600. The zero-order valence-corrected chi connectivity index (χ0v) is 11.5. The molecular formula is C15H25NO2. The maximum absolute atomic E-state index is 5.91. The number of para-hydroxylation sites is 1. The van der Waals surface area contributed by atoms with E-state index >= 15 is 0 Å². The number of ether oxygens (including phenoxy) is 2. The molecule has 0 aliphatic carbocycles. The second-order valence-corrected chi connectivity index (χ2v) is 4.46. The van der Waals surface area contributed by atoms with Crippen molar-refractivity contribution in [2.24, 2.45) is 5.73 Å². The summed E-state index contributed by atoms with van der Waals surface area (Å²) in [7, 11) is 0. The molecule has 0 aliphatic rings. The van der Waals surface area contributed by atoms with Crippen molar-refractivity contribution in [2.45, 2.75) is 38.7 Å². The molecule has 1 rings (SSSR count). The van der Waals surface area contributed by atoms with E-state index in [1.165, 1.54) is 0 Å². The zero-order chi connectivity index (χ0) is 13.3. The molecule has 3 heteroatoms. The van der Waals surface area contributed by atoms with E-state index in [9.17, 15) is 0 Å². The largest absolute Gasteiger partial charge is 0.494 e. The van der Waals surface area contributed by atoms with Gasteiger partial charge in [0.1, 0.15) is 5.75 Å². The van der Waals surface area contributed by atoms with Crippen LogP contribution in [0.2, 0.25) is 0 Å². The molecule has 0 saturated carbocycles. The van der Waals surface area contributed by atoms with Gasteiger partial charge in [0.25, 0.3) is 0 Å². The predicted octanol–water partition coefficient (Wildman–Crippen LogP) is 2.99.